The molecule has 0 spiro atoms. The van der Waals surface area contributed by atoms with Crippen LogP contribution in [-0.4, -0.2) is 29.1 Å². The Morgan fingerprint density at radius 3 is 2.94 bits per heavy atom. The van der Waals surface area contributed by atoms with Crippen molar-refractivity contribution in [3.05, 3.63) is 30.0 Å². The first-order chi connectivity index (χ1) is 8.56. The van der Waals surface area contributed by atoms with Crippen LogP contribution in [0.5, 0.6) is 0 Å². The lowest BCUT2D eigenvalue weighted by molar-refractivity contribution is -0.131. The molecule has 4 nitrogen and oxygen atoms in total. The van der Waals surface area contributed by atoms with E-state index in [-0.39, 0.29) is 0 Å². The van der Waals surface area contributed by atoms with E-state index in [2.05, 4.69) is 23.7 Å². The number of aliphatic carboxylic acids is 1. The highest BCUT2D eigenvalue weighted by atomic mass is 16.4. The van der Waals surface area contributed by atoms with Gasteiger partial charge in [-0.15, -0.1) is 0 Å². The Bertz CT molecular complexity index is 430. The number of nitrogens with zero attached hydrogens (tertiary/aromatic N) is 2. The maximum atomic E-state index is 10.6. The molecule has 0 bridgehead atoms. The molecule has 1 N–H and O–H groups in total. The molecule has 0 aliphatic rings. The Balaban J connectivity index is 2.97. The van der Waals surface area contributed by atoms with Crippen molar-refractivity contribution in [2.24, 2.45) is 0 Å². The van der Waals surface area contributed by atoms with Crippen LogP contribution >= 0.6 is 0 Å². The number of pyridine rings is 1. The summed E-state index contributed by atoms with van der Waals surface area (Å²) < 4.78 is 0. The molecule has 0 radical (unpaired) electrons. The van der Waals surface area contributed by atoms with Crippen LogP contribution in [0.3, 0.4) is 0 Å². The van der Waals surface area contributed by atoms with Gasteiger partial charge in [0, 0.05) is 30.9 Å². The summed E-state index contributed by atoms with van der Waals surface area (Å²) in [6.45, 7) is 4.29. The number of hydrogen-bond acceptors (Lipinski definition) is 3. The average Bonchev–Trinajstić information content (AvgIpc) is 2.36. The molecule has 1 atom stereocenters. The van der Waals surface area contributed by atoms with Crippen LogP contribution in [0.15, 0.2) is 24.4 Å². The second kappa shape index (κ2) is 6.79. The Morgan fingerprint density at radius 2 is 2.33 bits per heavy atom. The fraction of sp³-hybridized carbons (Fsp3) is 0.429. The summed E-state index contributed by atoms with van der Waals surface area (Å²) in [6.07, 6.45) is 6.63. The Hall–Kier alpha value is -1.84. The van der Waals surface area contributed by atoms with Gasteiger partial charge < -0.3 is 10.0 Å². The summed E-state index contributed by atoms with van der Waals surface area (Å²) >= 11 is 0. The highest BCUT2D eigenvalue weighted by molar-refractivity contribution is 5.86. The maximum absolute atomic E-state index is 10.6. The van der Waals surface area contributed by atoms with Crippen LogP contribution in [0.4, 0.5) is 5.82 Å². The molecule has 1 aromatic heterocycles. The van der Waals surface area contributed by atoms with Gasteiger partial charge in [-0.2, -0.15) is 0 Å². The molecule has 4 heteroatoms. The number of carbonyl (C=O) groups is 1. The fourth-order valence-corrected chi connectivity index (χ4v) is 1.82. The average molecular weight is 248 g/mol. The van der Waals surface area contributed by atoms with E-state index in [1.807, 2.05) is 19.2 Å². The van der Waals surface area contributed by atoms with Crippen LogP contribution in [0, 0.1) is 0 Å². The highest BCUT2D eigenvalue weighted by Crippen LogP contribution is 2.20. The molecule has 1 rings (SSSR count). The molecule has 0 saturated heterocycles. The third kappa shape index (κ3) is 3.87. The lowest BCUT2D eigenvalue weighted by Gasteiger charge is -2.27. The smallest absolute Gasteiger partial charge is 0.328 e. The zero-order valence-corrected chi connectivity index (χ0v) is 11.1. The summed E-state index contributed by atoms with van der Waals surface area (Å²) in [6, 6.07) is 4.06. The summed E-state index contributed by atoms with van der Waals surface area (Å²) in [5.41, 5.74) is 0.824. The lowest BCUT2D eigenvalue weighted by atomic mass is 10.1. The van der Waals surface area contributed by atoms with Gasteiger partial charge in [0.25, 0.3) is 0 Å². The number of carboxylic acid groups (broad SMARTS) is 1. The van der Waals surface area contributed by atoms with Crippen molar-refractivity contribution >= 4 is 17.9 Å². The minimum absolute atomic E-state index is 0.377. The first-order valence-electron chi connectivity index (χ1n) is 6.15. The molecule has 0 fully saturated rings. The summed E-state index contributed by atoms with van der Waals surface area (Å²) in [4.78, 5) is 17.0. The SMILES string of the molecule is CCCC(C)N(C)c1ncccc1/C=C/C(=O)O. The summed E-state index contributed by atoms with van der Waals surface area (Å²) in [7, 11) is 1.99. The predicted octanol–water partition coefficient (Wildman–Crippen LogP) is 2.80. The molecule has 1 unspecified atom stereocenters. The molecule has 98 valence electrons. The second-order valence-corrected chi connectivity index (χ2v) is 4.34. The maximum Gasteiger partial charge on any atom is 0.328 e. The highest BCUT2D eigenvalue weighted by Gasteiger charge is 2.12. The Morgan fingerprint density at radius 1 is 1.61 bits per heavy atom. The minimum atomic E-state index is -0.950. The van der Waals surface area contributed by atoms with Crippen molar-refractivity contribution in [3.8, 4) is 0 Å². The molecule has 0 saturated carbocycles. The van der Waals surface area contributed by atoms with Crippen LogP contribution in [-0.2, 0) is 4.79 Å². The first-order valence-corrected chi connectivity index (χ1v) is 6.15. The van der Waals surface area contributed by atoms with Crippen LogP contribution < -0.4 is 4.90 Å². The molecule has 1 heterocycles. The van der Waals surface area contributed by atoms with E-state index in [4.69, 9.17) is 5.11 Å². The number of hydrogen-bond donors (Lipinski definition) is 1. The molecular weight excluding hydrogens is 228 g/mol. The van der Waals surface area contributed by atoms with E-state index >= 15 is 0 Å². The predicted molar refractivity (Wildman–Crippen MR) is 73.7 cm³/mol. The molecule has 0 aliphatic heterocycles. The second-order valence-electron chi connectivity index (χ2n) is 4.34. The number of aromatic nitrogens is 1. The number of rotatable bonds is 6. The van der Waals surface area contributed by atoms with Gasteiger partial charge in [-0.3, -0.25) is 0 Å². The van der Waals surface area contributed by atoms with E-state index in [1.54, 1.807) is 12.3 Å². The summed E-state index contributed by atoms with van der Waals surface area (Å²) in [5, 5.41) is 8.68. The molecule has 18 heavy (non-hydrogen) atoms. The van der Waals surface area contributed by atoms with Crippen molar-refractivity contribution < 1.29 is 9.90 Å². The fourth-order valence-electron chi connectivity index (χ4n) is 1.82. The van der Waals surface area contributed by atoms with Crippen molar-refractivity contribution in [2.75, 3.05) is 11.9 Å². The van der Waals surface area contributed by atoms with Gasteiger partial charge in [0.1, 0.15) is 5.82 Å². The van der Waals surface area contributed by atoms with Gasteiger partial charge in [-0.1, -0.05) is 13.3 Å². The van der Waals surface area contributed by atoms with Crippen LogP contribution in [0.2, 0.25) is 0 Å². The Labute approximate surface area is 108 Å². The monoisotopic (exact) mass is 248 g/mol. The number of carboxylic acids is 1. The van der Waals surface area contributed by atoms with E-state index in [0.29, 0.717) is 6.04 Å². The summed E-state index contributed by atoms with van der Waals surface area (Å²) in [5.74, 6) is -0.134. The Kier molecular flexibility index (Phi) is 5.36. The van der Waals surface area contributed by atoms with E-state index < -0.39 is 5.97 Å². The topological polar surface area (TPSA) is 53.4 Å². The van der Waals surface area contributed by atoms with Crippen molar-refractivity contribution in [1.29, 1.82) is 0 Å². The largest absolute Gasteiger partial charge is 0.478 e. The molecular formula is C14H20N2O2. The molecule has 0 aliphatic carbocycles. The lowest BCUT2D eigenvalue weighted by Crippen LogP contribution is -2.29. The normalized spacial score (nSPS) is 12.6. The van der Waals surface area contributed by atoms with Crippen molar-refractivity contribution in [3.63, 3.8) is 0 Å². The van der Waals surface area contributed by atoms with Gasteiger partial charge in [0.2, 0.25) is 0 Å². The third-order valence-corrected chi connectivity index (χ3v) is 2.92. The number of anilines is 1. The van der Waals surface area contributed by atoms with Gasteiger partial charge in [0.15, 0.2) is 0 Å². The van der Waals surface area contributed by atoms with Gasteiger partial charge >= 0.3 is 5.97 Å². The van der Waals surface area contributed by atoms with Gasteiger partial charge in [-0.05, 0) is 31.6 Å². The standard InChI is InChI=1S/C14H20N2O2/c1-4-6-11(2)16(3)14-12(7-5-10-15-14)8-9-13(17)18/h5,7-11H,4,6H2,1-3H3,(H,17,18)/b9-8+. The zero-order valence-electron chi connectivity index (χ0n) is 11.1. The van der Waals surface area contributed by atoms with E-state index in [0.717, 1.165) is 30.3 Å². The first kappa shape index (κ1) is 14.2. The molecule has 1 aromatic rings. The quantitative estimate of drug-likeness (QED) is 0.786. The van der Waals surface area contributed by atoms with Crippen molar-refractivity contribution in [2.45, 2.75) is 32.7 Å². The van der Waals surface area contributed by atoms with Gasteiger partial charge in [-0.25, -0.2) is 9.78 Å². The van der Waals surface area contributed by atoms with Crippen molar-refractivity contribution in [1.82, 2.24) is 4.98 Å². The van der Waals surface area contributed by atoms with Gasteiger partial charge in [0.05, 0.1) is 0 Å². The molecule has 0 aromatic carbocycles. The zero-order chi connectivity index (χ0) is 13.5. The van der Waals surface area contributed by atoms with Crippen LogP contribution in [0.1, 0.15) is 32.3 Å². The minimum Gasteiger partial charge on any atom is -0.478 e. The third-order valence-electron chi connectivity index (χ3n) is 2.92. The van der Waals surface area contributed by atoms with E-state index in [1.165, 1.54) is 0 Å². The van der Waals surface area contributed by atoms with Crippen LogP contribution in [0.25, 0.3) is 6.08 Å². The van der Waals surface area contributed by atoms with E-state index in [9.17, 15) is 4.79 Å². The molecule has 0 amide bonds.